The van der Waals surface area contributed by atoms with Crippen molar-refractivity contribution in [3.63, 3.8) is 0 Å². The van der Waals surface area contributed by atoms with Gasteiger partial charge in [0.1, 0.15) is 5.70 Å². The number of esters is 1. The van der Waals surface area contributed by atoms with Crippen LogP contribution >= 0.6 is 0 Å². The molecule has 2 aromatic carbocycles. The molecule has 2 amide bonds. The molecule has 0 saturated heterocycles. The van der Waals surface area contributed by atoms with E-state index in [9.17, 15) is 14.4 Å². The van der Waals surface area contributed by atoms with E-state index in [0.717, 1.165) is 30.4 Å². The molecule has 1 aliphatic carbocycles. The molecule has 6 nitrogen and oxygen atoms in total. The largest absolute Gasteiger partial charge is 0.451 e. The predicted molar refractivity (Wildman–Crippen MR) is 114 cm³/mol. The lowest BCUT2D eigenvalue weighted by Gasteiger charge is -2.33. The third-order valence-electron chi connectivity index (χ3n) is 5.17. The van der Waals surface area contributed by atoms with Gasteiger partial charge in [-0.05, 0) is 42.0 Å². The summed E-state index contributed by atoms with van der Waals surface area (Å²) in [6.07, 6.45) is 4.41. The number of benzene rings is 2. The zero-order valence-corrected chi connectivity index (χ0v) is 17.3. The van der Waals surface area contributed by atoms with E-state index < -0.39 is 11.9 Å². The standard InChI is InChI=1S/C24H26N2O4/c1-17(27)25-21(15-18-9-4-3-5-10-18)24(29)30-16-23(28)26(2)22-14-8-12-19-11-6-7-13-20(19)22/h3-7,9-11,13,15,22H,8,12,14,16H2,1-2H3,(H,25,27)/b21-15-. The van der Waals surface area contributed by atoms with Crippen LogP contribution in [0.4, 0.5) is 0 Å². The maximum atomic E-state index is 12.7. The molecule has 0 fully saturated rings. The van der Waals surface area contributed by atoms with Crippen LogP contribution in [0.15, 0.2) is 60.3 Å². The number of hydrogen-bond acceptors (Lipinski definition) is 4. The van der Waals surface area contributed by atoms with Gasteiger partial charge in [0, 0.05) is 14.0 Å². The van der Waals surface area contributed by atoms with Gasteiger partial charge in [-0.25, -0.2) is 4.79 Å². The molecule has 3 rings (SSSR count). The number of hydrogen-bond donors (Lipinski definition) is 1. The van der Waals surface area contributed by atoms with Crippen LogP contribution in [0.5, 0.6) is 0 Å². The molecule has 30 heavy (non-hydrogen) atoms. The summed E-state index contributed by atoms with van der Waals surface area (Å²) in [4.78, 5) is 38.3. The van der Waals surface area contributed by atoms with Gasteiger partial charge in [-0.1, -0.05) is 54.6 Å². The fourth-order valence-corrected chi connectivity index (χ4v) is 3.66. The fraction of sp³-hybridized carbons (Fsp3) is 0.292. The molecule has 1 N–H and O–H groups in total. The summed E-state index contributed by atoms with van der Waals surface area (Å²) in [6, 6.07) is 17.2. The molecule has 1 unspecified atom stereocenters. The van der Waals surface area contributed by atoms with Gasteiger partial charge in [0.25, 0.3) is 5.91 Å². The van der Waals surface area contributed by atoms with Gasteiger partial charge in [-0.3, -0.25) is 9.59 Å². The van der Waals surface area contributed by atoms with Crippen LogP contribution in [0.2, 0.25) is 0 Å². The Morgan fingerprint density at radius 1 is 1.10 bits per heavy atom. The van der Waals surface area contributed by atoms with Crippen molar-refractivity contribution in [2.75, 3.05) is 13.7 Å². The highest BCUT2D eigenvalue weighted by molar-refractivity contribution is 5.98. The average molecular weight is 406 g/mol. The second-order valence-electron chi connectivity index (χ2n) is 7.34. The highest BCUT2D eigenvalue weighted by Gasteiger charge is 2.27. The lowest BCUT2D eigenvalue weighted by molar-refractivity contribution is -0.150. The highest BCUT2D eigenvalue weighted by atomic mass is 16.5. The van der Waals surface area contributed by atoms with E-state index in [2.05, 4.69) is 11.4 Å². The van der Waals surface area contributed by atoms with Crippen molar-refractivity contribution in [1.29, 1.82) is 0 Å². The van der Waals surface area contributed by atoms with E-state index in [4.69, 9.17) is 4.74 Å². The molecule has 0 aliphatic heterocycles. The van der Waals surface area contributed by atoms with E-state index in [0.29, 0.717) is 0 Å². The van der Waals surface area contributed by atoms with Crippen molar-refractivity contribution in [3.8, 4) is 0 Å². The van der Waals surface area contributed by atoms with Gasteiger partial charge < -0.3 is 15.0 Å². The van der Waals surface area contributed by atoms with Gasteiger partial charge in [0.05, 0.1) is 6.04 Å². The third kappa shape index (κ3) is 5.35. The van der Waals surface area contributed by atoms with Crippen LogP contribution < -0.4 is 5.32 Å². The maximum absolute atomic E-state index is 12.7. The first-order valence-electron chi connectivity index (χ1n) is 10.0. The second-order valence-corrected chi connectivity index (χ2v) is 7.34. The quantitative estimate of drug-likeness (QED) is 0.590. The summed E-state index contributed by atoms with van der Waals surface area (Å²) in [5.41, 5.74) is 3.13. The monoisotopic (exact) mass is 406 g/mol. The summed E-state index contributed by atoms with van der Waals surface area (Å²) >= 11 is 0. The molecule has 156 valence electrons. The van der Waals surface area contributed by atoms with Gasteiger partial charge in [0.15, 0.2) is 6.61 Å². The Kier molecular flexibility index (Phi) is 7.01. The van der Waals surface area contributed by atoms with Crippen molar-refractivity contribution in [3.05, 3.63) is 77.0 Å². The first-order chi connectivity index (χ1) is 14.5. The Morgan fingerprint density at radius 2 is 1.80 bits per heavy atom. The lowest BCUT2D eigenvalue weighted by atomic mass is 9.87. The number of rotatable bonds is 6. The third-order valence-corrected chi connectivity index (χ3v) is 5.17. The highest BCUT2D eigenvalue weighted by Crippen LogP contribution is 2.33. The van der Waals surface area contributed by atoms with Gasteiger partial charge in [-0.2, -0.15) is 0 Å². The summed E-state index contributed by atoms with van der Waals surface area (Å²) < 4.78 is 5.23. The van der Waals surface area contributed by atoms with E-state index in [1.807, 2.05) is 36.4 Å². The molecule has 1 aliphatic rings. The molecule has 0 radical (unpaired) electrons. The summed E-state index contributed by atoms with van der Waals surface area (Å²) in [6.45, 7) is 0.922. The van der Waals surface area contributed by atoms with Crippen LogP contribution in [0.3, 0.4) is 0 Å². The zero-order chi connectivity index (χ0) is 21.5. The number of carbonyl (C=O) groups is 3. The Hall–Kier alpha value is -3.41. The van der Waals surface area contributed by atoms with Crippen molar-refractivity contribution < 1.29 is 19.1 Å². The van der Waals surface area contributed by atoms with Crippen molar-refractivity contribution >= 4 is 23.9 Å². The molecule has 1 atom stereocenters. The van der Waals surface area contributed by atoms with Gasteiger partial charge >= 0.3 is 5.97 Å². The number of ether oxygens (including phenoxy) is 1. The average Bonchev–Trinajstić information content (AvgIpc) is 2.76. The molecule has 0 spiro atoms. The van der Waals surface area contributed by atoms with E-state index in [1.54, 1.807) is 24.1 Å². The Morgan fingerprint density at radius 3 is 2.53 bits per heavy atom. The number of nitrogens with zero attached hydrogens (tertiary/aromatic N) is 1. The van der Waals surface area contributed by atoms with Gasteiger partial charge in [0.2, 0.25) is 5.91 Å². The van der Waals surface area contributed by atoms with Crippen molar-refractivity contribution in [1.82, 2.24) is 10.2 Å². The molecule has 0 aromatic heterocycles. The van der Waals surface area contributed by atoms with Crippen LogP contribution in [0.1, 0.15) is 42.5 Å². The number of fused-ring (bicyclic) bond motifs is 1. The predicted octanol–water partition coefficient (Wildman–Crippen LogP) is 3.24. The molecular formula is C24H26N2O4. The summed E-state index contributed by atoms with van der Waals surface area (Å²) in [5.74, 6) is -1.43. The number of aryl methyl sites for hydroxylation is 1. The minimum absolute atomic E-state index is 0.00725. The Labute approximate surface area is 176 Å². The number of amides is 2. The van der Waals surface area contributed by atoms with Gasteiger partial charge in [-0.15, -0.1) is 0 Å². The Balaban J connectivity index is 1.66. The summed E-state index contributed by atoms with van der Waals surface area (Å²) in [7, 11) is 1.73. The molecule has 0 bridgehead atoms. The first kappa shape index (κ1) is 21.3. The molecular weight excluding hydrogens is 380 g/mol. The minimum Gasteiger partial charge on any atom is -0.451 e. The summed E-state index contributed by atoms with van der Waals surface area (Å²) in [5, 5.41) is 2.48. The maximum Gasteiger partial charge on any atom is 0.355 e. The Bertz CT molecular complexity index is 953. The van der Waals surface area contributed by atoms with E-state index in [1.165, 1.54) is 18.6 Å². The lowest BCUT2D eigenvalue weighted by Crippen LogP contribution is -2.37. The normalized spacial score (nSPS) is 15.7. The zero-order valence-electron chi connectivity index (χ0n) is 17.3. The van der Waals surface area contributed by atoms with Crippen LogP contribution in [-0.4, -0.2) is 36.3 Å². The molecule has 2 aromatic rings. The van der Waals surface area contributed by atoms with Crippen molar-refractivity contribution in [2.24, 2.45) is 0 Å². The first-order valence-corrected chi connectivity index (χ1v) is 10.0. The topological polar surface area (TPSA) is 75.7 Å². The SMILES string of the molecule is CC(=O)N/C(=C\c1ccccc1)C(=O)OCC(=O)N(C)C1CCCc2ccccc21. The smallest absolute Gasteiger partial charge is 0.355 e. The number of carbonyl (C=O) groups excluding carboxylic acids is 3. The molecule has 6 heteroatoms. The second kappa shape index (κ2) is 9.87. The van der Waals surface area contributed by atoms with E-state index >= 15 is 0 Å². The molecule has 0 saturated carbocycles. The number of nitrogens with one attached hydrogen (secondary N) is 1. The fourth-order valence-electron chi connectivity index (χ4n) is 3.66. The van der Waals surface area contributed by atoms with Crippen molar-refractivity contribution in [2.45, 2.75) is 32.2 Å². The van der Waals surface area contributed by atoms with E-state index in [-0.39, 0.29) is 24.3 Å². The molecule has 0 heterocycles. The minimum atomic E-state index is -0.750. The van der Waals surface area contributed by atoms with Crippen LogP contribution in [0.25, 0.3) is 6.08 Å². The van der Waals surface area contributed by atoms with Crippen LogP contribution in [-0.2, 0) is 25.5 Å². The number of likely N-dealkylation sites (N-methyl/N-ethyl adjacent to an activating group) is 1. The van der Waals surface area contributed by atoms with Crippen LogP contribution in [0, 0.1) is 0 Å².